The molecule has 1 aliphatic rings. The Balaban J connectivity index is 2.64. The van der Waals surface area contributed by atoms with Gasteiger partial charge in [-0.15, -0.1) is 0 Å². The second-order valence-electron chi connectivity index (χ2n) is 4.21. The Kier molecular flexibility index (Phi) is 4.18. The van der Waals surface area contributed by atoms with Gasteiger partial charge in [-0.25, -0.2) is 5.06 Å². The monoisotopic (exact) mass is 238 g/mol. The van der Waals surface area contributed by atoms with E-state index in [1.165, 1.54) is 0 Å². The molecule has 0 aromatic heterocycles. The van der Waals surface area contributed by atoms with Gasteiger partial charge >= 0.3 is 6.18 Å². The normalized spacial score (nSPS) is 26.6. The van der Waals surface area contributed by atoms with Gasteiger partial charge in [-0.3, -0.25) is 10.6 Å². The summed E-state index contributed by atoms with van der Waals surface area (Å²) in [5.74, 6) is -1.93. The van der Waals surface area contributed by atoms with Gasteiger partial charge in [-0.2, -0.15) is 13.2 Å². The number of hydrogen-bond acceptors (Lipinski definition) is 2. The molecular weight excluding hydrogens is 221 g/mol. The first-order valence-electron chi connectivity index (χ1n) is 5.50. The smallest absolute Gasteiger partial charge is 0.287 e. The Morgan fingerprint density at radius 3 is 2.56 bits per heavy atom. The van der Waals surface area contributed by atoms with Crippen LogP contribution >= 0.6 is 0 Å². The lowest BCUT2D eigenvalue weighted by atomic mass is 9.95. The maximum absolute atomic E-state index is 12.6. The van der Waals surface area contributed by atoms with Gasteiger partial charge in [0.05, 0.1) is 12.0 Å². The number of alkyl halides is 3. The van der Waals surface area contributed by atoms with Gasteiger partial charge in [0.2, 0.25) is 0 Å². The summed E-state index contributed by atoms with van der Waals surface area (Å²) in [5.41, 5.74) is 0. The summed E-state index contributed by atoms with van der Waals surface area (Å²) in [4.78, 5) is 0. The van der Waals surface area contributed by atoms with E-state index in [0.29, 0.717) is 11.5 Å². The molecule has 2 N–H and O–H groups in total. The number of halogens is 3. The molecule has 1 aliphatic heterocycles. The number of hydrogen-bond donors (Lipinski definition) is 2. The summed E-state index contributed by atoms with van der Waals surface area (Å²) >= 11 is 0. The van der Waals surface area contributed by atoms with Gasteiger partial charge in [-0.1, -0.05) is 26.2 Å². The zero-order valence-corrected chi connectivity index (χ0v) is 9.22. The SMILES string of the molecule is CCCCC[C@H]1[C@H](C(F)(F)F)CC(=N)N1O. The predicted molar refractivity (Wildman–Crippen MR) is 53.4 cm³/mol. The summed E-state index contributed by atoms with van der Waals surface area (Å²) in [6.07, 6.45) is -2.03. The van der Waals surface area contributed by atoms with E-state index in [-0.39, 0.29) is 12.3 Å². The van der Waals surface area contributed by atoms with Crippen molar-refractivity contribution in [2.75, 3.05) is 0 Å². The molecule has 0 aliphatic carbocycles. The van der Waals surface area contributed by atoms with Crippen LogP contribution in [0.5, 0.6) is 0 Å². The molecule has 1 fully saturated rings. The molecule has 94 valence electrons. The Morgan fingerprint density at radius 2 is 2.06 bits per heavy atom. The first kappa shape index (κ1) is 13.3. The van der Waals surface area contributed by atoms with Crippen molar-refractivity contribution in [2.45, 2.75) is 51.2 Å². The van der Waals surface area contributed by atoms with Crippen LogP contribution in [0.2, 0.25) is 0 Å². The van der Waals surface area contributed by atoms with Gasteiger partial charge in [0.15, 0.2) is 0 Å². The first-order valence-corrected chi connectivity index (χ1v) is 5.50. The van der Waals surface area contributed by atoms with Crippen LogP contribution in [-0.4, -0.2) is 28.3 Å². The fourth-order valence-electron chi connectivity index (χ4n) is 2.07. The third kappa shape index (κ3) is 2.87. The molecule has 0 amide bonds. The van der Waals surface area contributed by atoms with Crippen molar-refractivity contribution in [1.82, 2.24) is 5.06 Å². The number of unbranched alkanes of at least 4 members (excludes halogenated alkanes) is 2. The quantitative estimate of drug-likeness (QED) is 0.739. The van der Waals surface area contributed by atoms with Crippen molar-refractivity contribution in [1.29, 1.82) is 5.41 Å². The zero-order chi connectivity index (χ0) is 12.3. The van der Waals surface area contributed by atoms with Crippen LogP contribution in [-0.2, 0) is 0 Å². The molecule has 1 heterocycles. The maximum atomic E-state index is 12.6. The largest absolute Gasteiger partial charge is 0.394 e. The molecule has 0 saturated carbocycles. The number of nitrogens with one attached hydrogen (secondary N) is 1. The molecule has 3 nitrogen and oxygen atoms in total. The van der Waals surface area contributed by atoms with Crippen molar-refractivity contribution in [3.63, 3.8) is 0 Å². The summed E-state index contributed by atoms with van der Waals surface area (Å²) in [6, 6.07) is -0.973. The van der Waals surface area contributed by atoms with Crippen molar-refractivity contribution in [2.24, 2.45) is 5.92 Å². The molecule has 0 unspecified atom stereocenters. The van der Waals surface area contributed by atoms with E-state index in [0.717, 1.165) is 12.8 Å². The number of nitrogens with zero attached hydrogens (tertiary/aromatic N) is 1. The van der Waals surface area contributed by atoms with Gasteiger partial charge in [0, 0.05) is 6.42 Å². The van der Waals surface area contributed by atoms with Gasteiger partial charge in [0.1, 0.15) is 5.84 Å². The highest BCUT2D eigenvalue weighted by Gasteiger charge is 2.51. The lowest BCUT2D eigenvalue weighted by Gasteiger charge is -2.25. The molecule has 0 bridgehead atoms. The maximum Gasteiger partial charge on any atom is 0.394 e. The van der Waals surface area contributed by atoms with E-state index >= 15 is 0 Å². The number of amidine groups is 1. The van der Waals surface area contributed by atoms with Crippen molar-refractivity contribution in [3.8, 4) is 0 Å². The number of rotatable bonds is 4. The topological polar surface area (TPSA) is 47.3 Å². The van der Waals surface area contributed by atoms with Crippen LogP contribution in [0.25, 0.3) is 0 Å². The number of hydroxylamine groups is 2. The van der Waals surface area contributed by atoms with Crippen LogP contribution in [0.15, 0.2) is 0 Å². The lowest BCUT2D eigenvalue weighted by molar-refractivity contribution is -0.195. The molecule has 0 aromatic carbocycles. The van der Waals surface area contributed by atoms with Gasteiger partial charge in [0.25, 0.3) is 0 Å². The van der Waals surface area contributed by atoms with E-state index in [2.05, 4.69) is 0 Å². The van der Waals surface area contributed by atoms with E-state index in [1.54, 1.807) is 0 Å². The Bertz CT molecular complexity index is 255. The third-order valence-corrected chi connectivity index (χ3v) is 2.99. The second kappa shape index (κ2) is 5.03. The minimum atomic E-state index is -4.33. The second-order valence-corrected chi connectivity index (χ2v) is 4.21. The summed E-state index contributed by atoms with van der Waals surface area (Å²) in [7, 11) is 0. The minimum Gasteiger partial charge on any atom is -0.287 e. The molecule has 1 rings (SSSR count). The van der Waals surface area contributed by atoms with Gasteiger partial charge < -0.3 is 0 Å². The van der Waals surface area contributed by atoms with Crippen LogP contribution in [0.1, 0.15) is 39.0 Å². The van der Waals surface area contributed by atoms with Crippen molar-refractivity contribution < 1.29 is 18.4 Å². The Labute approximate surface area is 92.7 Å². The average Bonchev–Trinajstić information content (AvgIpc) is 2.45. The summed E-state index contributed by atoms with van der Waals surface area (Å²) in [6.45, 7) is 1.97. The minimum absolute atomic E-state index is 0.289. The molecular formula is C10H17F3N2O. The van der Waals surface area contributed by atoms with Crippen LogP contribution in [0.4, 0.5) is 13.2 Å². The highest BCUT2D eigenvalue weighted by molar-refractivity contribution is 5.80. The predicted octanol–water partition coefficient (Wildman–Crippen LogP) is 3.19. The fraction of sp³-hybridized carbons (Fsp3) is 0.900. The highest BCUT2D eigenvalue weighted by atomic mass is 19.4. The molecule has 16 heavy (non-hydrogen) atoms. The molecule has 0 radical (unpaired) electrons. The Hall–Kier alpha value is -0.780. The molecule has 0 spiro atoms. The van der Waals surface area contributed by atoms with E-state index in [4.69, 9.17) is 5.41 Å². The lowest BCUT2D eigenvalue weighted by Crippen LogP contribution is -2.37. The molecule has 1 saturated heterocycles. The van der Waals surface area contributed by atoms with Crippen molar-refractivity contribution in [3.05, 3.63) is 0 Å². The molecule has 2 atom stereocenters. The zero-order valence-electron chi connectivity index (χ0n) is 9.22. The van der Waals surface area contributed by atoms with Crippen LogP contribution in [0.3, 0.4) is 0 Å². The third-order valence-electron chi connectivity index (χ3n) is 2.99. The summed E-state index contributed by atoms with van der Waals surface area (Å²) < 4.78 is 37.9. The first-order chi connectivity index (χ1) is 7.38. The molecule has 6 heteroatoms. The average molecular weight is 238 g/mol. The van der Waals surface area contributed by atoms with E-state index in [1.807, 2.05) is 6.92 Å². The van der Waals surface area contributed by atoms with Gasteiger partial charge in [-0.05, 0) is 6.42 Å². The summed E-state index contributed by atoms with van der Waals surface area (Å²) in [5, 5.41) is 17.1. The van der Waals surface area contributed by atoms with Crippen LogP contribution in [0, 0.1) is 11.3 Å². The standard InChI is InChI=1S/C10H17F3N2O/c1-2-3-4-5-8-7(10(11,12)13)6-9(14)15(8)16/h7-8,14,16H,2-6H2,1H3/t7-,8+/m1/s1. The van der Waals surface area contributed by atoms with E-state index < -0.39 is 24.6 Å². The van der Waals surface area contributed by atoms with Crippen LogP contribution < -0.4 is 0 Å². The fourth-order valence-corrected chi connectivity index (χ4v) is 2.07. The Morgan fingerprint density at radius 1 is 1.44 bits per heavy atom. The molecule has 0 aromatic rings. The highest BCUT2D eigenvalue weighted by Crippen LogP contribution is 2.39. The van der Waals surface area contributed by atoms with Crippen molar-refractivity contribution >= 4 is 5.84 Å². The van der Waals surface area contributed by atoms with E-state index in [9.17, 15) is 18.4 Å².